The van der Waals surface area contributed by atoms with Crippen LogP contribution in [0.15, 0.2) is 24.5 Å². The van der Waals surface area contributed by atoms with Crippen LogP contribution in [0.4, 0.5) is 0 Å². The minimum atomic E-state index is -0.00432. The van der Waals surface area contributed by atoms with Crippen molar-refractivity contribution in [2.45, 2.75) is 19.3 Å². The number of rotatable bonds is 5. The summed E-state index contributed by atoms with van der Waals surface area (Å²) in [6.07, 6.45) is 4.75. The Kier molecular flexibility index (Phi) is 5.42. The fourth-order valence-corrected chi connectivity index (χ4v) is 3.30. The van der Waals surface area contributed by atoms with E-state index in [2.05, 4.69) is 20.8 Å². The van der Waals surface area contributed by atoms with E-state index in [1.165, 1.54) is 17.4 Å². The summed E-state index contributed by atoms with van der Waals surface area (Å²) in [5, 5.41) is 14.6. The summed E-state index contributed by atoms with van der Waals surface area (Å²) in [5.41, 5.74) is 1.26. The smallest absolute Gasteiger partial charge is 0.255 e. The van der Waals surface area contributed by atoms with Crippen LogP contribution in [0.2, 0.25) is 5.02 Å². The number of hydrogen-bond donors (Lipinski definition) is 1. The summed E-state index contributed by atoms with van der Waals surface area (Å²) in [6.45, 7) is 2.61. The minimum Gasteiger partial charge on any atom is -0.339 e. The van der Waals surface area contributed by atoms with E-state index >= 15 is 0 Å². The first-order chi connectivity index (χ1) is 11.7. The van der Waals surface area contributed by atoms with Crippen LogP contribution in [0.25, 0.3) is 5.69 Å². The zero-order chi connectivity index (χ0) is 16.9. The molecule has 1 amide bonds. The molecule has 1 aromatic heterocycles. The third kappa shape index (κ3) is 3.73. The lowest BCUT2D eigenvalue weighted by Crippen LogP contribution is -2.39. The number of piperidine rings is 1. The van der Waals surface area contributed by atoms with Crippen LogP contribution in [-0.2, 0) is 0 Å². The van der Waals surface area contributed by atoms with Crippen LogP contribution in [0.3, 0.4) is 0 Å². The Hall–Kier alpha value is -1.99. The van der Waals surface area contributed by atoms with E-state index < -0.39 is 0 Å². The van der Waals surface area contributed by atoms with Crippen LogP contribution in [0.5, 0.6) is 0 Å². The van der Waals surface area contributed by atoms with Gasteiger partial charge in [0.2, 0.25) is 0 Å². The molecule has 1 aromatic carbocycles. The molecule has 1 fully saturated rings. The maximum absolute atomic E-state index is 12.7. The Labute approximate surface area is 146 Å². The fraction of sp³-hybridized carbons (Fsp3) is 0.500. The van der Waals surface area contributed by atoms with Crippen molar-refractivity contribution in [2.75, 3.05) is 26.7 Å². The van der Waals surface area contributed by atoms with Gasteiger partial charge < -0.3 is 10.2 Å². The average Bonchev–Trinajstić information content (AvgIpc) is 3.14. The van der Waals surface area contributed by atoms with Crippen molar-refractivity contribution in [3.8, 4) is 5.69 Å². The quantitative estimate of drug-likeness (QED) is 0.891. The van der Waals surface area contributed by atoms with Crippen LogP contribution in [-0.4, -0.2) is 57.7 Å². The Morgan fingerprint density at radius 2 is 2.17 bits per heavy atom. The van der Waals surface area contributed by atoms with Crippen molar-refractivity contribution in [3.05, 3.63) is 35.1 Å². The first kappa shape index (κ1) is 16.9. The molecule has 2 heterocycles. The summed E-state index contributed by atoms with van der Waals surface area (Å²) < 4.78 is 1.51. The maximum Gasteiger partial charge on any atom is 0.255 e. The number of carbonyl (C=O) groups excluding carboxylic acids is 1. The molecule has 1 aliphatic heterocycles. The molecule has 128 valence electrons. The molecule has 1 saturated heterocycles. The normalized spacial score (nSPS) is 15.7. The number of hydrogen-bond acceptors (Lipinski definition) is 5. The number of amides is 1. The molecular weight excluding hydrogens is 328 g/mol. The number of benzene rings is 1. The van der Waals surface area contributed by atoms with Gasteiger partial charge in [-0.05, 0) is 67.4 Å². The van der Waals surface area contributed by atoms with Crippen molar-refractivity contribution in [1.29, 1.82) is 0 Å². The topological polar surface area (TPSA) is 75.9 Å². The molecule has 1 N–H and O–H groups in total. The van der Waals surface area contributed by atoms with E-state index in [9.17, 15) is 4.79 Å². The molecule has 0 bridgehead atoms. The van der Waals surface area contributed by atoms with Crippen molar-refractivity contribution in [3.63, 3.8) is 0 Å². The molecule has 0 atom stereocenters. The highest BCUT2D eigenvalue weighted by atomic mass is 35.5. The van der Waals surface area contributed by atoms with Crippen LogP contribution < -0.4 is 5.32 Å². The summed E-state index contributed by atoms with van der Waals surface area (Å²) in [7, 11) is 1.97. The van der Waals surface area contributed by atoms with E-state index in [4.69, 9.17) is 11.6 Å². The first-order valence-electron chi connectivity index (χ1n) is 8.16. The lowest BCUT2D eigenvalue weighted by molar-refractivity contribution is 0.0687. The van der Waals surface area contributed by atoms with Crippen molar-refractivity contribution >= 4 is 17.5 Å². The van der Waals surface area contributed by atoms with E-state index in [0.717, 1.165) is 38.2 Å². The highest BCUT2D eigenvalue weighted by Crippen LogP contribution is 2.25. The molecule has 2 aromatic rings. The van der Waals surface area contributed by atoms with Gasteiger partial charge in [0, 0.05) is 13.1 Å². The molecule has 7 nitrogen and oxygen atoms in total. The predicted molar refractivity (Wildman–Crippen MR) is 91.3 cm³/mol. The van der Waals surface area contributed by atoms with Gasteiger partial charge in [-0.15, -0.1) is 5.10 Å². The molecule has 0 saturated carbocycles. The van der Waals surface area contributed by atoms with Crippen molar-refractivity contribution < 1.29 is 4.79 Å². The number of halogens is 1. The van der Waals surface area contributed by atoms with Gasteiger partial charge in [-0.25, -0.2) is 4.68 Å². The summed E-state index contributed by atoms with van der Waals surface area (Å²) >= 11 is 6.32. The summed E-state index contributed by atoms with van der Waals surface area (Å²) in [5.74, 6) is 0.689. The number of aromatic nitrogens is 4. The zero-order valence-electron chi connectivity index (χ0n) is 13.7. The van der Waals surface area contributed by atoms with Gasteiger partial charge in [-0.3, -0.25) is 4.79 Å². The molecule has 0 aliphatic carbocycles. The molecular formula is C16H21ClN6O. The Morgan fingerprint density at radius 1 is 1.38 bits per heavy atom. The molecule has 1 aliphatic rings. The third-order valence-corrected chi connectivity index (χ3v) is 4.81. The predicted octanol–water partition coefficient (Wildman–Crippen LogP) is 1.78. The molecule has 0 radical (unpaired) electrons. The molecule has 0 unspecified atom stereocenters. The number of nitrogens with one attached hydrogen (secondary N) is 1. The van der Waals surface area contributed by atoms with E-state index in [0.29, 0.717) is 16.5 Å². The molecule has 8 heteroatoms. The van der Waals surface area contributed by atoms with Crippen molar-refractivity contribution in [1.82, 2.24) is 30.4 Å². The van der Waals surface area contributed by atoms with Gasteiger partial charge in [0.05, 0.1) is 16.3 Å². The average molecular weight is 349 g/mol. The lowest BCUT2D eigenvalue weighted by Gasteiger charge is -2.32. The standard InChI is InChI=1S/C16H21ClN6O/c1-18-7-4-12-5-8-22(9-6-12)16(24)14-3-2-13(10-15(14)17)23-11-19-20-21-23/h2-3,10-12,18H,4-9H2,1H3. The lowest BCUT2D eigenvalue weighted by atomic mass is 9.93. The van der Waals surface area contributed by atoms with E-state index in [1.807, 2.05) is 11.9 Å². The maximum atomic E-state index is 12.7. The highest BCUT2D eigenvalue weighted by Gasteiger charge is 2.24. The summed E-state index contributed by atoms with van der Waals surface area (Å²) in [4.78, 5) is 14.6. The first-order valence-corrected chi connectivity index (χ1v) is 8.53. The fourth-order valence-electron chi connectivity index (χ4n) is 3.04. The monoisotopic (exact) mass is 348 g/mol. The highest BCUT2D eigenvalue weighted by molar-refractivity contribution is 6.34. The Morgan fingerprint density at radius 3 is 2.79 bits per heavy atom. The number of nitrogens with zero attached hydrogens (tertiary/aromatic N) is 5. The number of likely N-dealkylation sites (tertiary alicyclic amines) is 1. The third-order valence-electron chi connectivity index (χ3n) is 4.50. The Balaban J connectivity index is 1.65. The van der Waals surface area contributed by atoms with Gasteiger partial charge in [0.25, 0.3) is 5.91 Å². The van der Waals surface area contributed by atoms with Crippen molar-refractivity contribution in [2.24, 2.45) is 5.92 Å². The van der Waals surface area contributed by atoms with Gasteiger partial charge in [-0.1, -0.05) is 11.6 Å². The second kappa shape index (κ2) is 7.72. The van der Waals surface area contributed by atoms with E-state index in [-0.39, 0.29) is 5.91 Å². The second-order valence-electron chi connectivity index (χ2n) is 6.05. The molecule has 0 spiro atoms. The number of carbonyl (C=O) groups is 1. The van der Waals surface area contributed by atoms with Crippen LogP contribution in [0.1, 0.15) is 29.6 Å². The zero-order valence-corrected chi connectivity index (χ0v) is 14.4. The van der Waals surface area contributed by atoms with Crippen LogP contribution in [0, 0.1) is 5.92 Å². The molecule has 3 rings (SSSR count). The van der Waals surface area contributed by atoms with Gasteiger partial charge in [-0.2, -0.15) is 0 Å². The molecule has 24 heavy (non-hydrogen) atoms. The van der Waals surface area contributed by atoms with Gasteiger partial charge >= 0.3 is 0 Å². The van der Waals surface area contributed by atoms with E-state index in [1.54, 1.807) is 18.2 Å². The second-order valence-corrected chi connectivity index (χ2v) is 6.45. The minimum absolute atomic E-state index is 0.00432. The summed E-state index contributed by atoms with van der Waals surface area (Å²) in [6, 6.07) is 5.26. The van der Waals surface area contributed by atoms with Gasteiger partial charge in [0.1, 0.15) is 6.33 Å². The number of tetrazole rings is 1. The van der Waals surface area contributed by atoms with Crippen LogP contribution >= 0.6 is 11.6 Å². The van der Waals surface area contributed by atoms with Gasteiger partial charge in [0.15, 0.2) is 0 Å². The SMILES string of the molecule is CNCCC1CCN(C(=O)c2ccc(-n3cnnn3)cc2Cl)CC1. The Bertz CT molecular complexity index is 682. The largest absolute Gasteiger partial charge is 0.339 e.